The summed E-state index contributed by atoms with van der Waals surface area (Å²) in [6.45, 7) is 5.20. The van der Waals surface area contributed by atoms with Gasteiger partial charge in [0.2, 0.25) is 0 Å². The van der Waals surface area contributed by atoms with E-state index < -0.39 is 0 Å². The molecule has 2 bridgehead atoms. The lowest BCUT2D eigenvalue weighted by Crippen LogP contribution is -2.55. The number of hydrogen-bond acceptors (Lipinski definition) is 3. The Kier molecular flexibility index (Phi) is 4.41. The molecule has 8 rings (SSSR count). The summed E-state index contributed by atoms with van der Waals surface area (Å²) < 4.78 is 7.53. The van der Waals surface area contributed by atoms with Crippen molar-refractivity contribution in [1.82, 2.24) is 9.88 Å². The fourth-order valence-corrected chi connectivity index (χ4v) is 9.67. The third-order valence-electron chi connectivity index (χ3n) is 11.4. The van der Waals surface area contributed by atoms with Crippen molar-refractivity contribution in [1.29, 1.82) is 0 Å². The molecule has 3 aliphatic carbocycles. The summed E-state index contributed by atoms with van der Waals surface area (Å²) in [5.74, 6) is 1.22. The Morgan fingerprint density at radius 1 is 1.03 bits per heavy atom. The molecular weight excluding hydrogens is 428 g/mol. The molecule has 0 N–H and O–H groups in total. The summed E-state index contributed by atoms with van der Waals surface area (Å²) >= 11 is 0. The van der Waals surface area contributed by atoms with E-state index in [2.05, 4.69) is 53.2 Å². The lowest BCUT2D eigenvalue weighted by Gasteiger charge is -2.55. The standard InChI is InChI=1S/C32H38N2O/c1-30-12-10-26-19-25-6-7-27(34-16-2-3-17-34)20-31(25)13-14-32(26,35-31)29(30)9-8-28(30)23-5-4-22-11-15-33-21-24(22)18-23/h4-5,10-11,15,18-19,21,27-29H,2-3,6-9,12-14,16-17,20H2,1H3/t27-,28?,29-,30-,31?,32-/m1/s1. The molecule has 0 radical (unpaired) electrons. The predicted octanol–water partition coefficient (Wildman–Crippen LogP) is 6.94. The molecule has 2 saturated heterocycles. The first-order valence-corrected chi connectivity index (χ1v) is 14.3. The number of allylic oxidation sites excluding steroid dienone is 1. The quantitative estimate of drug-likeness (QED) is 0.479. The average molecular weight is 467 g/mol. The van der Waals surface area contributed by atoms with E-state index in [0.717, 1.165) is 6.04 Å². The van der Waals surface area contributed by atoms with Crippen LogP contribution < -0.4 is 0 Å². The molecule has 6 aliphatic rings. The topological polar surface area (TPSA) is 25.4 Å². The maximum atomic E-state index is 7.53. The largest absolute Gasteiger partial charge is 0.359 e. The Morgan fingerprint density at radius 2 is 1.94 bits per heavy atom. The van der Waals surface area contributed by atoms with Gasteiger partial charge in [-0.05, 0) is 129 Å². The van der Waals surface area contributed by atoms with Gasteiger partial charge in [0.15, 0.2) is 0 Å². The van der Waals surface area contributed by atoms with Gasteiger partial charge in [-0.15, -0.1) is 0 Å². The lowest BCUT2D eigenvalue weighted by atomic mass is 9.58. The number of pyridine rings is 1. The summed E-state index contributed by atoms with van der Waals surface area (Å²) in [6, 6.07) is 9.99. The molecule has 4 fully saturated rings. The minimum Gasteiger partial charge on any atom is -0.359 e. The minimum atomic E-state index is -0.0451. The van der Waals surface area contributed by atoms with Crippen LogP contribution in [0.2, 0.25) is 0 Å². The van der Waals surface area contributed by atoms with Gasteiger partial charge in [-0.2, -0.15) is 0 Å². The Balaban J connectivity index is 1.15. The van der Waals surface area contributed by atoms with Gasteiger partial charge in [0.1, 0.15) is 0 Å². The molecule has 3 aliphatic heterocycles. The first-order valence-electron chi connectivity index (χ1n) is 14.3. The number of aromatic nitrogens is 1. The van der Waals surface area contributed by atoms with Gasteiger partial charge >= 0.3 is 0 Å². The second kappa shape index (κ2) is 7.29. The smallest absolute Gasteiger partial charge is 0.0974 e. The van der Waals surface area contributed by atoms with Crippen LogP contribution in [0.4, 0.5) is 0 Å². The lowest BCUT2D eigenvalue weighted by molar-refractivity contribution is -0.140. The highest BCUT2D eigenvalue weighted by atomic mass is 16.5. The third kappa shape index (κ3) is 2.83. The number of ether oxygens (including phenoxy) is 1. The maximum absolute atomic E-state index is 7.53. The van der Waals surface area contributed by atoms with E-state index in [-0.39, 0.29) is 16.6 Å². The minimum absolute atomic E-state index is 0.0216. The summed E-state index contributed by atoms with van der Waals surface area (Å²) in [5, 5.41) is 2.57. The normalized spacial score (nSPS) is 42.4. The molecule has 6 atom stereocenters. The van der Waals surface area contributed by atoms with Gasteiger partial charge in [0.25, 0.3) is 0 Å². The fourth-order valence-electron chi connectivity index (χ4n) is 9.67. The van der Waals surface area contributed by atoms with Crippen LogP contribution in [-0.4, -0.2) is 40.2 Å². The van der Waals surface area contributed by atoms with Crippen LogP contribution in [0.5, 0.6) is 0 Å². The van der Waals surface area contributed by atoms with Gasteiger partial charge in [-0.25, -0.2) is 0 Å². The number of rotatable bonds is 2. The molecule has 2 saturated carbocycles. The summed E-state index contributed by atoms with van der Waals surface area (Å²) in [6.07, 6.45) is 22.0. The van der Waals surface area contributed by atoms with Crippen LogP contribution in [0.3, 0.4) is 0 Å². The van der Waals surface area contributed by atoms with Crippen molar-refractivity contribution in [2.75, 3.05) is 13.1 Å². The van der Waals surface area contributed by atoms with E-state index in [9.17, 15) is 0 Å². The van der Waals surface area contributed by atoms with E-state index in [4.69, 9.17) is 4.74 Å². The number of likely N-dealkylation sites (tertiary alicyclic amines) is 1. The molecule has 3 nitrogen and oxygen atoms in total. The zero-order valence-electron chi connectivity index (χ0n) is 21.1. The zero-order chi connectivity index (χ0) is 23.3. The molecule has 35 heavy (non-hydrogen) atoms. The van der Waals surface area contributed by atoms with Crippen LogP contribution in [0.1, 0.15) is 82.6 Å². The molecule has 1 aromatic carbocycles. The van der Waals surface area contributed by atoms with Crippen LogP contribution in [-0.2, 0) is 4.74 Å². The van der Waals surface area contributed by atoms with Crippen molar-refractivity contribution in [2.45, 2.75) is 94.3 Å². The second-order valence-corrected chi connectivity index (χ2v) is 12.8. The first-order chi connectivity index (χ1) is 17.1. The molecular formula is C32H38N2O. The van der Waals surface area contributed by atoms with E-state index in [1.54, 1.807) is 11.1 Å². The number of nitrogens with zero attached hydrogens (tertiary/aromatic N) is 2. The number of fused-ring (bicyclic) bond motifs is 2. The van der Waals surface area contributed by atoms with E-state index in [1.165, 1.54) is 93.6 Å². The predicted molar refractivity (Wildman–Crippen MR) is 140 cm³/mol. The molecule has 1 aromatic heterocycles. The summed E-state index contributed by atoms with van der Waals surface area (Å²) in [4.78, 5) is 7.18. The van der Waals surface area contributed by atoms with Crippen molar-refractivity contribution >= 4 is 10.8 Å². The molecule has 3 heteroatoms. The number of hydrogen-bond donors (Lipinski definition) is 0. The molecule has 2 aromatic rings. The summed E-state index contributed by atoms with van der Waals surface area (Å²) in [7, 11) is 0. The van der Waals surface area contributed by atoms with Crippen LogP contribution in [0, 0.1) is 11.3 Å². The Hall–Kier alpha value is -1.97. The van der Waals surface area contributed by atoms with E-state index in [1.807, 2.05) is 12.4 Å². The highest BCUT2D eigenvalue weighted by molar-refractivity contribution is 5.82. The van der Waals surface area contributed by atoms with Crippen molar-refractivity contribution in [3.63, 3.8) is 0 Å². The van der Waals surface area contributed by atoms with E-state index >= 15 is 0 Å². The van der Waals surface area contributed by atoms with Crippen LogP contribution in [0.15, 0.2) is 60.0 Å². The van der Waals surface area contributed by atoms with Gasteiger partial charge in [-0.3, -0.25) is 4.98 Å². The van der Waals surface area contributed by atoms with Gasteiger partial charge in [-0.1, -0.05) is 31.2 Å². The highest BCUT2D eigenvalue weighted by Gasteiger charge is 2.66. The van der Waals surface area contributed by atoms with Crippen molar-refractivity contribution < 1.29 is 4.74 Å². The molecule has 4 heterocycles. The van der Waals surface area contributed by atoms with Gasteiger partial charge in [0.05, 0.1) is 11.2 Å². The third-order valence-corrected chi connectivity index (χ3v) is 11.4. The second-order valence-electron chi connectivity index (χ2n) is 12.8. The SMILES string of the molecule is C[C@]12CC=C3C=C4CC[C@@H](N5CCCC5)CC45CC[C@]3(O5)[C@@H]1CCC2c1ccc2ccncc2c1. The molecule has 2 unspecified atom stereocenters. The van der Waals surface area contributed by atoms with Crippen molar-refractivity contribution in [3.05, 3.63) is 65.5 Å². The maximum Gasteiger partial charge on any atom is 0.0974 e. The molecule has 0 amide bonds. The first kappa shape index (κ1) is 21.1. The molecule has 182 valence electrons. The van der Waals surface area contributed by atoms with Crippen LogP contribution in [0.25, 0.3) is 10.8 Å². The average Bonchev–Trinajstić information content (AvgIpc) is 3.60. The molecule has 2 spiro atoms. The van der Waals surface area contributed by atoms with Crippen molar-refractivity contribution in [2.24, 2.45) is 11.3 Å². The Morgan fingerprint density at radius 3 is 2.86 bits per heavy atom. The van der Waals surface area contributed by atoms with Gasteiger partial charge in [0, 0.05) is 23.8 Å². The van der Waals surface area contributed by atoms with Gasteiger partial charge < -0.3 is 9.64 Å². The van der Waals surface area contributed by atoms with E-state index in [0.29, 0.717) is 11.8 Å². The van der Waals surface area contributed by atoms with Crippen molar-refractivity contribution in [3.8, 4) is 0 Å². The highest BCUT2D eigenvalue weighted by Crippen LogP contribution is 2.69. The zero-order valence-corrected chi connectivity index (χ0v) is 21.1. The Labute approximate surface area is 209 Å². The Bertz CT molecular complexity index is 1260. The summed E-state index contributed by atoms with van der Waals surface area (Å²) in [5.41, 5.74) is 4.93. The number of benzene rings is 1. The fraction of sp³-hybridized carbons (Fsp3) is 0.594. The monoisotopic (exact) mass is 466 g/mol. The van der Waals surface area contributed by atoms with Crippen LogP contribution >= 0.6 is 0 Å².